The Morgan fingerprint density at radius 1 is 1.00 bits per heavy atom. The Morgan fingerprint density at radius 3 is 2.44 bits per heavy atom. The van der Waals surface area contributed by atoms with Gasteiger partial charge in [-0.2, -0.15) is 5.10 Å². The van der Waals surface area contributed by atoms with Crippen molar-refractivity contribution < 1.29 is 23.5 Å². The van der Waals surface area contributed by atoms with Gasteiger partial charge in [0.1, 0.15) is 5.82 Å². The standard InChI is InChI=1S/C27H27FN4O4/c1-18(33)19-10-11-24(22(28)16-19)30-12-14-31(15-13-30)25(34)17-36-27(35)26-21-8-5-9-23(21)32(29-26)20-6-3-2-4-7-20/h2-4,6-7,10-11,16H,5,8-9,12-15,17H2,1H3. The summed E-state index contributed by atoms with van der Waals surface area (Å²) >= 11 is 0. The van der Waals surface area contributed by atoms with E-state index in [0.29, 0.717) is 37.4 Å². The predicted octanol–water partition coefficient (Wildman–Crippen LogP) is 3.21. The van der Waals surface area contributed by atoms with E-state index in [-0.39, 0.29) is 24.0 Å². The van der Waals surface area contributed by atoms with Gasteiger partial charge in [0, 0.05) is 43.0 Å². The van der Waals surface area contributed by atoms with E-state index < -0.39 is 11.8 Å². The lowest BCUT2D eigenvalue weighted by Gasteiger charge is -2.36. The lowest BCUT2D eigenvalue weighted by molar-refractivity contribution is -0.134. The molecule has 0 spiro atoms. The fourth-order valence-electron chi connectivity index (χ4n) is 4.85. The van der Waals surface area contributed by atoms with Gasteiger partial charge in [0.2, 0.25) is 0 Å². The molecule has 1 aliphatic carbocycles. The fraction of sp³-hybridized carbons (Fsp3) is 0.333. The number of esters is 1. The number of amides is 1. The number of fused-ring (bicyclic) bond motifs is 1. The zero-order valence-corrected chi connectivity index (χ0v) is 20.1. The van der Waals surface area contributed by atoms with Gasteiger partial charge in [-0.3, -0.25) is 9.59 Å². The molecule has 1 fully saturated rings. The van der Waals surface area contributed by atoms with Crippen LogP contribution in [-0.2, 0) is 22.4 Å². The van der Waals surface area contributed by atoms with Gasteiger partial charge in [-0.1, -0.05) is 18.2 Å². The number of carbonyl (C=O) groups excluding carboxylic acids is 3. The highest BCUT2D eigenvalue weighted by molar-refractivity contribution is 5.94. The van der Waals surface area contributed by atoms with Crippen molar-refractivity contribution in [3.63, 3.8) is 0 Å². The molecule has 1 aromatic heterocycles. The summed E-state index contributed by atoms with van der Waals surface area (Å²) in [6.07, 6.45) is 2.54. The molecule has 0 atom stereocenters. The summed E-state index contributed by atoms with van der Waals surface area (Å²) in [5.41, 5.74) is 3.79. The van der Waals surface area contributed by atoms with Crippen molar-refractivity contribution in [3.05, 3.63) is 76.9 Å². The zero-order chi connectivity index (χ0) is 25.2. The third-order valence-corrected chi connectivity index (χ3v) is 6.78. The smallest absolute Gasteiger partial charge is 0.359 e. The minimum Gasteiger partial charge on any atom is -0.451 e. The van der Waals surface area contributed by atoms with Crippen LogP contribution in [0.3, 0.4) is 0 Å². The number of benzene rings is 2. The van der Waals surface area contributed by atoms with E-state index in [9.17, 15) is 18.8 Å². The molecule has 1 amide bonds. The summed E-state index contributed by atoms with van der Waals surface area (Å²) in [7, 11) is 0. The summed E-state index contributed by atoms with van der Waals surface area (Å²) < 4.78 is 21.7. The quantitative estimate of drug-likeness (QED) is 0.390. The first-order valence-corrected chi connectivity index (χ1v) is 12.1. The van der Waals surface area contributed by atoms with Crippen LogP contribution in [0.4, 0.5) is 10.1 Å². The van der Waals surface area contributed by atoms with Crippen molar-refractivity contribution in [2.75, 3.05) is 37.7 Å². The van der Waals surface area contributed by atoms with Crippen LogP contribution >= 0.6 is 0 Å². The van der Waals surface area contributed by atoms with E-state index in [0.717, 1.165) is 36.2 Å². The van der Waals surface area contributed by atoms with E-state index >= 15 is 0 Å². The molecule has 2 heterocycles. The Balaban J connectivity index is 1.18. The van der Waals surface area contributed by atoms with Gasteiger partial charge in [0.05, 0.1) is 11.4 Å². The second-order valence-corrected chi connectivity index (χ2v) is 9.04. The maximum atomic E-state index is 14.5. The number of Topliss-reactive ketones (excluding diaryl/α,β-unsaturated/α-hetero) is 1. The molecule has 1 aliphatic heterocycles. The number of aromatic nitrogens is 2. The highest BCUT2D eigenvalue weighted by Gasteiger charge is 2.29. The van der Waals surface area contributed by atoms with Gasteiger partial charge in [0.15, 0.2) is 18.1 Å². The van der Waals surface area contributed by atoms with Crippen molar-refractivity contribution in [2.24, 2.45) is 0 Å². The molecular weight excluding hydrogens is 463 g/mol. The van der Waals surface area contributed by atoms with Crippen LogP contribution in [0, 0.1) is 5.82 Å². The van der Waals surface area contributed by atoms with Crippen LogP contribution < -0.4 is 4.90 Å². The maximum Gasteiger partial charge on any atom is 0.359 e. The highest BCUT2D eigenvalue weighted by Crippen LogP contribution is 2.28. The molecule has 1 saturated heterocycles. The lowest BCUT2D eigenvalue weighted by atomic mass is 10.1. The van der Waals surface area contributed by atoms with Crippen LogP contribution in [0.15, 0.2) is 48.5 Å². The molecule has 2 aliphatic rings. The van der Waals surface area contributed by atoms with Gasteiger partial charge in [-0.15, -0.1) is 0 Å². The van der Waals surface area contributed by atoms with E-state index in [4.69, 9.17) is 4.74 Å². The first kappa shape index (κ1) is 23.7. The third kappa shape index (κ3) is 4.60. The van der Waals surface area contributed by atoms with Crippen LogP contribution in [0.5, 0.6) is 0 Å². The summed E-state index contributed by atoms with van der Waals surface area (Å²) in [6.45, 7) is 2.65. The Kier molecular flexibility index (Phi) is 6.54. The van der Waals surface area contributed by atoms with Crippen LogP contribution in [-0.4, -0.2) is 65.1 Å². The van der Waals surface area contributed by atoms with E-state index in [1.165, 1.54) is 13.0 Å². The third-order valence-electron chi connectivity index (χ3n) is 6.78. The zero-order valence-electron chi connectivity index (χ0n) is 20.1. The van der Waals surface area contributed by atoms with Crippen molar-refractivity contribution in [2.45, 2.75) is 26.2 Å². The second-order valence-electron chi connectivity index (χ2n) is 9.04. The minimum atomic E-state index is -0.595. The number of rotatable bonds is 6. The fourth-order valence-corrected chi connectivity index (χ4v) is 4.85. The SMILES string of the molecule is CC(=O)c1ccc(N2CCN(C(=O)COC(=O)c3nn(-c4ccccc4)c4c3CCC4)CC2)c(F)c1. The number of para-hydroxylation sites is 1. The number of hydrogen-bond donors (Lipinski definition) is 0. The van der Waals surface area contributed by atoms with Gasteiger partial charge in [-0.05, 0) is 56.5 Å². The largest absolute Gasteiger partial charge is 0.451 e. The molecule has 5 rings (SSSR count). The number of anilines is 1. The Morgan fingerprint density at radius 2 is 1.75 bits per heavy atom. The number of ether oxygens (including phenoxy) is 1. The van der Waals surface area contributed by atoms with Crippen LogP contribution in [0.25, 0.3) is 5.69 Å². The van der Waals surface area contributed by atoms with Crippen molar-refractivity contribution >= 4 is 23.3 Å². The summed E-state index contributed by atoms with van der Waals surface area (Å²) in [4.78, 5) is 40.5. The van der Waals surface area contributed by atoms with Crippen LogP contribution in [0.1, 0.15) is 45.4 Å². The number of ketones is 1. The average Bonchev–Trinajstić information content (AvgIpc) is 3.51. The lowest BCUT2D eigenvalue weighted by Crippen LogP contribution is -2.50. The minimum absolute atomic E-state index is 0.192. The molecule has 9 heteroatoms. The molecule has 8 nitrogen and oxygen atoms in total. The molecule has 0 saturated carbocycles. The molecular formula is C27H27FN4O4. The molecule has 0 radical (unpaired) electrons. The molecule has 0 unspecified atom stereocenters. The van der Waals surface area contributed by atoms with E-state index in [2.05, 4.69) is 5.10 Å². The number of halogens is 1. The molecule has 36 heavy (non-hydrogen) atoms. The molecule has 2 aromatic carbocycles. The molecule has 0 bridgehead atoms. The normalized spacial score (nSPS) is 15.1. The number of nitrogens with zero attached hydrogens (tertiary/aromatic N) is 4. The van der Waals surface area contributed by atoms with E-state index in [1.807, 2.05) is 35.2 Å². The highest BCUT2D eigenvalue weighted by atomic mass is 19.1. The molecule has 186 valence electrons. The van der Waals surface area contributed by atoms with Crippen molar-refractivity contribution in [1.29, 1.82) is 0 Å². The molecule has 3 aromatic rings. The van der Waals surface area contributed by atoms with Crippen molar-refractivity contribution in [3.8, 4) is 5.69 Å². The number of piperazine rings is 1. The Hall–Kier alpha value is -4.01. The van der Waals surface area contributed by atoms with Crippen LogP contribution in [0.2, 0.25) is 0 Å². The van der Waals surface area contributed by atoms with E-state index in [1.54, 1.807) is 21.7 Å². The van der Waals surface area contributed by atoms with Gasteiger partial charge in [-0.25, -0.2) is 13.9 Å². The topological polar surface area (TPSA) is 84.7 Å². The van der Waals surface area contributed by atoms with Gasteiger partial charge < -0.3 is 14.5 Å². The summed E-state index contributed by atoms with van der Waals surface area (Å²) in [5, 5.41) is 4.52. The summed E-state index contributed by atoms with van der Waals surface area (Å²) in [6, 6.07) is 14.1. The predicted molar refractivity (Wildman–Crippen MR) is 131 cm³/mol. The summed E-state index contributed by atoms with van der Waals surface area (Å²) in [5.74, 6) is -1.54. The number of hydrogen-bond acceptors (Lipinski definition) is 6. The van der Waals surface area contributed by atoms with Gasteiger partial charge >= 0.3 is 5.97 Å². The average molecular weight is 491 g/mol. The maximum absolute atomic E-state index is 14.5. The monoisotopic (exact) mass is 490 g/mol. The number of carbonyl (C=O) groups is 3. The molecule has 0 N–H and O–H groups in total. The first-order chi connectivity index (χ1) is 17.4. The first-order valence-electron chi connectivity index (χ1n) is 12.1. The van der Waals surface area contributed by atoms with Crippen molar-refractivity contribution in [1.82, 2.24) is 14.7 Å². The second kappa shape index (κ2) is 9.93. The Bertz CT molecular complexity index is 1310. The van der Waals surface area contributed by atoms with Gasteiger partial charge in [0.25, 0.3) is 5.91 Å². The Labute approximate surface area is 208 Å².